The Kier molecular flexibility index (Phi) is 4.84. The van der Waals surface area contributed by atoms with Gasteiger partial charge in [-0.05, 0) is 49.7 Å². The first kappa shape index (κ1) is 12.9. The number of rotatable bonds is 5. The quantitative estimate of drug-likeness (QED) is 0.867. The highest BCUT2D eigenvalue weighted by Crippen LogP contribution is 2.15. The molecule has 1 aromatic carbocycles. The molecule has 17 heavy (non-hydrogen) atoms. The van der Waals surface area contributed by atoms with Gasteiger partial charge >= 0.3 is 0 Å². The van der Waals surface area contributed by atoms with Crippen LogP contribution in [0.3, 0.4) is 0 Å². The van der Waals surface area contributed by atoms with Crippen LogP contribution in [0.2, 0.25) is 5.02 Å². The van der Waals surface area contributed by atoms with E-state index in [9.17, 15) is 0 Å². The SMILES string of the molecule is CCN1CCC(CNCc2cccc(Cl)c2)C1. The average Bonchev–Trinajstić information content (AvgIpc) is 2.77. The van der Waals surface area contributed by atoms with Crippen molar-refractivity contribution < 1.29 is 0 Å². The van der Waals surface area contributed by atoms with E-state index in [1.165, 1.54) is 31.6 Å². The summed E-state index contributed by atoms with van der Waals surface area (Å²) in [6.07, 6.45) is 1.33. The fourth-order valence-electron chi connectivity index (χ4n) is 2.43. The molecule has 1 heterocycles. The maximum absolute atomic E-state index is 5.95. The lowest BCUT2D eigenvalue weighted by Crippen LogP contribution is -2.26. The Labute approximate surface area is 109 Å². The van der Waals surface area contributed by atoms with E-state index >= 15 is 0 Å². The minimum atomic E-state index is 0.814. The normalized spacial score (nSPS) is 20.9. The van der Waals surface area contributed by atoms with Crippen molar-refractivity contribution in [3.63, 3.8) is 0 Å². The van der Waals surface area contributed by atoms with Gasteiger partial charge in [0.1, 0.15) is 0 Å². The topological polar surface area (TPSA) is 15.3 Å². The molecule has 2 nitrogen and oxygen atoms in total. The van der Waals surface area contributed by atoms with Crippen molar-refractivity contribution in [3.8, 4) is 0 Å². The van der Waals surface area contributed by atoms with Gasteiger partial charge in [-0.1, -0.05) is 30.7 Å². The largest absolute Gasteiger partial charge is 0.312 e. The van der Waals surface area contributed by atoms with E-state index in [1.54, 1.807) is 0 Å². The molecule has 1 saturated heterocycles. The molecule has 94 valence electrons. The molecule has 1 unspecified atom stereocenters. The van der Waals surface area contributed by atoms with E-state index in [-0.39, 0.29) is 0 Å². The minimum absolute atomic E-state index is 0.814. The van der Waals surface area contributed by atoms with Crippen LogP contribution in [0.5, 0.6) is 0 Å². The molecular formula is C14H21ClN2. The number of likely N-dealkylation sites (tertiary alicyclic amines) is 1. The predicted molar refractivity (Wildman–Crippen MR) is 73.4 cm³/mol. The van der Waals surface area contributed by atoms with E-state index in [0.717, 1.165) is 24.0 Å². The van der Waals surface area contributed by atoms with Crippen LogP contribution in [-0.2, 0) is 6.54 Å². The highest BCUT2D eigenvalue weighted by atomic mass is 35.5. The molecule has 0 spiro atoms. The number of hydrogen-bond acceptors (Lipinski definition) is 2. The van der Waals surface area contributed by atoms with Crippen LogP contribution in [0, 0.1) is 5.92 Å². The first-order valence-corrected chi connectivity index (χ1v) is 6.83. The van der Waals surface area contributed by atoms with Crippen LogP contribution in [0.25, 0.3) is 0 Å². The lowest BCUT2D eigenvalue weighted by molar-refractivity contribution is 0.339. The van der Waals surface area contributed by atoms with Crippen molar-refractivity contribution in [2.24, 2.45) is 5.92 Å². The second-order valence-corrected chi connectivity index (χ2v) is 5.25. The molecule has 1 N–H and O–H groups in total. The number of nitrogens with one attached hydrogen (secondary N) is 1. The van der Waals surface area contributed by atoms with Crippen molar-refractivity contribution in [2.45, 2.75) is 19.9 Å². The molecule has 0 amide bonds. The van der Waals surface area contributed by atoms with Gasteiger partial charge in [-0.25, -0.2) is 0 Å². The van der Waals surface area contributed by atoms with Gasteiger partial charge in [-0.2, -0.15) is 0 Å². The highest BCUT2D eigenvalue weighted by molar-refractivity contribution is 6.30. The Morgan fingerprint density at radius 2 is 2.35 bits per heavy atom. The molecule has 2 rings (SSSR count). The highest BCUT2D eigenvalue weighted by Gasteiger charge is 2.20. The lowest BCUT2D eigenvalue weighted by Gasteiger charge is -2.13. The summed E-state index contributed by atoms with van der Waals surface area (Å²) in [5.74, 6) is 0.814. The van der Waals surface area contributed by atoms with Gasteiger partial charge < -0.3 is 10.2 Å². The van der Waals surface area contributed by atoms with Gasteiger partial charge in [0.15, 0.2) is 0 Å². The van der Waals surface area contributed by atoms with Crippen LogP contribution in [-0.4, -0.2) is 31.1 Å². The zero-order valence-electron chi connectivity index (χ0n) is 10.5. The molecule has 1 aliphatic heterocycles. The summed E-state index contributed by atoms with van der Waals surface area (Å²) in [5, 5.41) is 4.35. The van der Waals surface area contributed by atoms with Crippen molar-refractivity contribution >= 4 is 11.6 Å². The minimum Gasteiger partial charge on any atom is -0.312 e. The molecule has 0 radical (unpaired) electrons. The number of halogens is 1. The predicted octanol–water partition coefficient (Wildman–Crippen LogP) is 2.77. The van der Waals surface area contributed by atoms with E-state index < -0.39 is 0 Å². The molecule has 1 aromatic rings. The standard InChI is InChI=1S/C14H21ClN2/c1-2-17-7-6-13(11-17)10-16-9-12-4-3-5-14(15)8-12/h3-5,8,13,16H,2,6-7,9-11H2,1H3. The van der Waals surface area contributed by atoms with Crippen LogP contribution in [0.4, 0.5) is 0 Å². The van der Waals surface area contributed by atoms with Gasteiger partial charge in [-0.15, -0.1) is 0 Å². The summed E-state index contributed by atoms with van der Waals surface area (Å²) in [7, 11) is 0. The third-order valence-corrected chi connectivity index (χ3v) is 3.70. The monoisotopic (exact) mass is 252 g/mol. The zero-order valence-corrected chi connectivity index (χ0v) is 11.2. The maximum Gasteiger partial charge on any atom is 0.0409 e. The fraction of sp³-hybridized carbons (Fsp3) is 0.571. The van der Waals surface area contributed by atoms with Crippen molar-refractivity contribution in [1.29, 1.82) is 0 Å². The number of nitrogens with zero attached hydrogens (tertiary/aromatic N) is 1. The van der Waals surface area contributed by atoms with Gasteiger partial charge in [0.25, 0.3) is 0 Å². The maximum atomic E-state index is 5.95. The molecular weight excluding hydrogens is 232 g/mol. The molecule has 0 aliphatic carbocycles. The van der Waals surface area contributed by atoms with Crippen molar-refractivity contribution in [1.82, 2.24) is 10.2 Å². The molecule has 1 fully saturated rings. The summed E-state index contributed by atoms with van der Waals surface area (Å²) in [6.45, 7) is 7.97. The summed E-state index contributed by atoms with van der Waals surface area (Å²) in [5.41, 5.74) is 1.27. The van der Waals surface area contributed by atoms with Gasteiger partial charge in [0, 0.05) is 18.1 Å². The van der Waals surface area contributed by atoms with Crippen LogP contribution in [0.1, 0.15) is 18.9 Å². The summed E-state index contributed by atoms with van der Waals surface area (Å²) in [4.78, 5) is 2.52. The molecule has 0 aromatic heterocycles. The fourth-order valence-corrected chi connectivity index (χ4v) is 2.65. The van der Waals surface area contributed by atoms with Crippen molar-refractivity contribution in [3.05, 3.63) is 34.9 Å². The average molecular weight is 253 g/mol. The van der Waals surface area contributed by atoms with E-state index in [2.05, 4.69) is 23.2 Å². The Balaban J connectivity index is 1.70. The first-order valence-electron chi connectivity index (χ1n) is 6.45. The summed E-state index contributed by atoms with van der Waals surface area (Å²) in [6, 6.07) is 8.07. The summed E-state index contributed by atoms with van der Waals surface area (Å²) >= 11 is 5.95. The second-order valence-electron chi connectivity index (χ2n) is 4.81. The van der Waals surface area contributed by atoms with E-state index in [4.69, 9.17) is 11.6 Å². The zero-order chi connectivity index (χ0) is 12.1. The molecule has 1 aliphatic rings. The Bertz CT molecular complexity index is 354. The third-order valence-electron chi connectivity index (χ3n) is 3.47. The Hall–Kier alpha value is -0.570. The Morgan fingerprint density at radius 1 is 1.47 bits per heavy atom. The third kappa shape index (κ3) is 3.98. The smallest absolute Gasteiger partial charge is 0.0409 e. The molecule has 0 saturated carbocycles. The number of hydrogen-bond donors (Lipinski definition) is 1. The molecule has 0 bridgehead atoms. The van der Waals surface area contributed by atoms with Crippen molar-refractivity contribution in [2.75, 3.05) is 26.2 Å². The van der Waals surface area contributed by atoms with E-state index in [1.807, 2.05) is 18.2 Å². The molecule has 1 atom stereocenters. The van der Waals surface area contributed by atoms with Gasteiger partial charge in [0.05, 0.1) is 0 Å². The van der Waals surface area contributed by atoms with Gasteiger partial charge in [0.2, 0.25) is 0 Å². The second kappa shape index (κ2) is 6.39. The summed E-state index contributed by atoms with van der Waals surface area (Å²) < 4.78 is 0. The van der Waals surface area contributed by atoms with Crippen LogP contribution in [0.15, 0.2) is 24.3 Å². The van der Waals surface area contributed by atoms with Crippen LogP contribution >= 0.6 is 11.6 Å². The lowest BCUT2D eigenvalue weighted by atomic mass is 10.1. The van der Waals surface area contributed by atoms with Crippen LogP contribution < -0.4 is 5.32 Å². The first-order chi connectivity index (χ1) is 8.28. The van der Waals surface area contributed by atoms with Gasteiger partial charge in [-0.3, -0.25) is 0 Å². The molecule has 3 heteroatoms. The van der Waals surface area contributed by atoms with E-state index in [0.29, 0.717) is 0 Å². The number of benzene rings is 1. The Morgan fingerprint density at radius 3 is 3.06 bits per heavy atom.